The van der Waals surface area contributed by atoms with Crippen LogP contribution in [0.15, 0.2) is 12.2 Å². The summed E-state index contributed by atoms with van der Waals surface area (Å²) in [5, 5.41) is 17.2. The van der Waals surface area contributed by atoms with Crippen molar-refractivity contribution in [1.29, 1.82) is 0 Å². The van der Waals surface area contributed by atoms with E-state index in [1.165, 1.54) is 0 Å². The number of nitrogens with two attached hydrogens (primary N) is 1. The molecule has 3 N–H and O–H groups in total. The van der Waals surface area contributed by atoms with Gasteiger partial charge in [0.15, 0.2) is 0 Å². The largest absolute Gasteiger partial charge is 1.00 e. The van der Waals surface area contributed by atoms with Crippen LogP contribution in [0.5, 0.6) is 0 Å². The average Bonchev–Trinajstić information content (AvgIpc) is 2.26. The SMILES string of the molecule is CCC(N)(CC)CC.O=C([O-])C=CC(=O)O.[K+]. The molecule has 0 fully saturated rings. The Morgan fingerprint density at radius 2 is 1.53 bits per heavy atom. The zero-order chi connectivity index (χ0) is 13.2. The van der Waals surface area contributed by atoms with E-state index in [0.717, 1.165) is 19.3 Å². The molecule has 0 aliphatic rings. The first-order chi connectivity index (χ1) is 7.31. The van der Waals surface area contributed by atoms with E-state index >= 15 is 0 Å². The molecule has 0 unspecified atom stereocenters. The zero-order valence-corrected chi connectivity index (χ0v) is 14.1. The Labute approximate surface area is 145 Å². The van der Waals surface area contributed by atoms with Crippen LogP contribution < -0.4 is 62.2 Å². The van der Waals surface area contributed by atoms with Gasteiger partial charge in [0, 0.05) is 11.6 Å². The van der Waals surface area contributed by atoms with E-state index in [2.05, 4.69) is 20.8 Å². The molecule has 0 rings (SSSR count). The molecule has 0 spiro atoms. The standard InChI is InChI=1S/C7H17N.C4H4O4.K/c1-4-7(8,5-2)6-3;5-3(6)1-2-4(7)8;/h4-6,8H2,1-3H3;1-2H,(H,5,6)(H,7,8);/q;;+1/p-1. The summed E-state index contributed by atoms with van der Waals surface area (Å²) >= 11 is 0. The van der Waals surface area contributed by atoms with Gasteiger partial charge in [-0.1, -0.05) is 20.8 Å². The van der Waals surface area contributed by atoms with Gasteiger partial charge in [-0.05, 0) is 25.3 Å². The van der Waals surface area contributed by atoms with Crippen molar-refractivity contribution in [3.63, 3.8) is 0 Å². The first-order valence-electron chi connectivity index (χ1n) is 5.22. The molecule has 0 saturated carbocycles. The Hall–Kier alpha value is 0.276. The minimum Gasteiger partial charge on any atom is -0.545 e. The van der Waals surface area contributed by atoms with Crippen LogP contribution in [0.4, 0.5) is 0 Å². The minimum absolute atomic E-state index is 0. The molecule has 0 aromatic rings. The van der Waals surface area contributed by atoms with Gasteiger partial charge in [-0.2, -0.15) is 0 Å². The topological polar surface area (TPSA) is 103 Å². The molecule has 6 heteroatoms. The van der Waals surface area contributed by atoms with Gasteiger partial charge in [0.25, 0.3) is 0 Å². The van der Waals surface area contributed by atoms with Crippen molar-refractivity contribution in [2.45, 2.75) is 45.6 Å². The Morgan fingerprint density at radius 3 is 1.59 bits per heavy atom. The normalized spacial score (nSPS) is 10.1. The maximum Gasteiger partial charge on any atom is 1.00 e. The van der Waals surface area contributed by atoms with E-state index < -0.39 is 11.9 Å². The summed E-state index contributed by atoms with van der Waals surface area (Å²) in [6.07, 6.45) is 4.23. The molecule has 0 aliphatic heterocycles. The zero-order valence-electron chi connectivity index (χ0n) is 11.0. The van der Waals surface area contributed by atoms with Crippen molar-refractivity contribution in [2.75, 3.05) is 0 Å². The van der Waals surface area contributed by atoms with Crippen molar-refractivity contribution in [1.82, 2.24) is 0 Å². The van der Waals surface area contributed by atoms with E-state index in [-0.39, 0.29) is 56.9 Å². The van der Waals surface area contributed by atoms with Gasteiger partial charge in [-0.15, -0.1) is 0 Å². The summed E-state index contributed by atoms with van der Waals surface area (Å²) in [7, 11) is 0. The van der Waals surface area contributed by atoms with E-state index in [0.29, 0.717) is 12.2 Å². The Morgan fingerprint density at radius 1 is 1.18 bits per heavy atom. The van der Waals surface area contributed by atoms with Crippen LogP contribution in [0.25, 0.3) is 0 Å². The molecule has 0 radical (unpaired) electrons. The van der Waals surface area contributed by atoms with Crippen molar-refractivity contribution in [3.8, 4) is 0 Å². The van der Waals surface area contributed by atoms with Crippen molar-refractivity contribution in [3.05, 3.63) is 12.2 Å². The fraction of sp³-hybridized carbons (Fsp3) is 0.636. The third kappa shape index (κ3) is 16.3. The first-order valence-corrected chi connectivity index (χ1v) is 5.22. The maximum atomic E-state index is 9.53. The monoisotopic (exact) mass is 269 g/mol. The number of rotatable bonds is 5. The molecule has 0 saturated heterocycles. The van der Waals surface area contributed by atoms with Crippen LogP contribution in [0.3, 0.4) is 0 Å². The van der Waals surface area contributed by atoms with Gasteiger partial charge in [-0.3, -0.25) is 0 Å². The third-order valence-corrected chi connectivity index (χ3v) is 2.47. The minimum atomic E-state index is -1.51. The van der Waals surface area contributed by atoms with E-state index in [1.54, 1.807) is 0 Å². The second-order valence-electron chi connectivity index (χ2n) is 3.41. The number of hydrogen-bond acceptors (Lipinski definition) is 4. The molecular formula is C11H20KNO4. The van der Waals surface area contributed by atoms with Crippen LogP contribution in [0.1, 0.15) is 40.0 Å². The molecular weight excluding hydrogens is 249 g/mol. The molecule has 5 nitrogen and oxygen atoms in total. The summed E-state index contributed by atoms with van der Waals surface area (Å²) in [6, 6.07) is 0. The van der Waals surface area contributed by atoms with Crippen LogP contribution in [-0.4, -0.2) is 22.6 Å². The van der Waals surface area contributed by atoms with E-state index in [9.17, 15) is 14.7 Å². The van der Waals surface area contributed by atoms with Crippen LogP contribution >= 0.6 is 0 Å². The van der Waals surface area contributed by atoms with Crippen molar-refractivity contribution in [2.24, 2.45) is 5.73 Å². The molecule has 0 bridgehead atoms. The first kappa shape index (κ1) is 22.5. The molecule has 0 heterocycles. The van der Waals surface area contributed by atoms with Gasteiger partial charge >= 0.3 is 57.4 Å². The number of aliphatic carboxylic acids is 2. The predicted molar refractivity (Wildman–Crippen MR) is 59.6 cm³/mol. The Bertz CT molecular complexity index is 226. The summed E-state index contributed by atoms with van der Waals surface area (Å²) in [5.41, 5.74) is 6.02. The molecule has 94 valence electrons. The second kappa shape index (κ2) is 12.7. The molecule has 0 aromatic carbocycles. The van der Waals surface area contributed by atoms with E-state index in [4.69, 9.17) is 10.8 Å². The van der Waals surface area contributed by atoms with Gasteiger partial charge in [0.05, 0.1) is 5.97 Å². The number of carbonyl (C=O) groups excluding carboxylic acids is 1. The average molecular weight is 269 g/mol. The number of carboxylic acid groups (broad SMARTS) is 2. The second-order valence-corrected chi connectivity index (χ2v) is 3.41. The Balaban J connectivity index is -0.000000218. The number of carboxylic acids is 2. The van der Waals surface area contributed by atoms with Gasteiger partial charge in [-0.25, -0.2) is 4.79 Å². The fourth-order valence-electron chi connectivity index (χ4n) is 0.889. The fourth-order valence-corrected chi connectivity index (χ4v) is 0.889. The smallest absolute Gasteiger partial charge is 0.545 e. The van der Waals surface area contributed by atoms with Gasteiger partial charge < -0.3 is 20.7 Å². The van der Waals surface area contributed by atoms with Crippen molar-refractivity contribution >= 4 is 11.9 Å². The number of carbonyl (C=O) groups is 2. The third-order valence-electron chi connectivity index (χ3n) is 2.47. The summed E-state index contributed by atoms with van der Waals surface area (Å²) in [4.78, 5) is 19.0. The van der Waals surface area contributed by atoms with E-state index in [1.807, 2.05) is 0 Å². The summed E-state index contributed by atoms with van der Waals surface area (Å²) in [5.74, 6) is -2.80. The molecule has 0 aromatic heterocycles. The molecule has 0 aliphatic carbocycles. The van der Waals surface area contributed by atoms with Gasteiger partial charge in [0.2, 0.25) is 0 Å². The molecule has 17 heavy (non-hydrogen) atoms. The van der Waals surface area contributed by atoms with Gasteiger partial charge in [0.1, 0.15) is 0 Å². The number of hydrogen-bond donors (Lipinski definition) is 2. The summed E-state index contributed by atoms with van der Waals surface area (Å²) in [6.45, 7) is 6.44. The van der Waals surface area contributed by atoms with Crippen molar-refractivity contribution < 1.29 is 71.2 Å². The maximum absolute atomic E-state index is 9.53. The Kier molecular flexibility index (Phi) is 16.8. The van der Waals surface area contributed by atoms with Crippen LogP contribution in [-0.2, 0) is 9.59 Å². The molecule has 0 amide bonds. The van der Waals surface area contributed by atoms with Crippen LogP contribution in [0, 0.1) is 0 Å². The predicted octanol–water partition coefficient (Wildman–Crippen LogP) is -2.70. The molecule has 0 atom stereocenters. The van der Waals surface area contributed by atoms with Crippen LogP contribution in [0.2, 0.25) is 0 Å². The quantitative estimate of drug-likeness (QED) is 0.417. The summed E-state index contributed by atoms with van der Waals surface area (Å²) < 4.78 is 0.